The van der Waals surface area contributed by atoms with Crippen molar-refractivity contribution in [3.63, 3.8) is 0 Å². The Kier molecular flexibility index (Phi) is 9.06. The summed E-state index contributed by atoms with van der Waals surface area (Å²) in [7, 11) is 0. The van der Waals surface area contributed by atoms with Crippen molar-refractivity contribution >= 4 is 56.2 Å². The van der Waals surface area contributed by atoms with Crippen molar-refractivity contribution < 1.29 is 38.1 Å². The highest BCUT2D eigenvalue weighted by Gasteiger charge is 2.18. The molecule has 0 spiro atoms. The molecule has 0 amide bonds. The molecular formula is C46H28O8. The van der Waals surface area contributed by atoms with Gasteiger partial charge in [-0.05, 0) is 94.3 Å². The molecule has 0 aromatic heterocycles. The number of hydrogen-bond acceptors (Lipinski definition) is 8. The molecule has 0 atom stereocenters. The topological polar surface area (TPSA) is 105 Å². The Hall–Kier alpha value is -7.58. The lowest BCUT2D eigenvalue weighted by atomic mass is 10.1. The van der Waals surface area contributed by atoms with E-state index in [0.717, 1.165) is 26.9 Å². The first-order valence-corrected chi connectivity index (χ1v) is 17.0. The molecule has 0 saturated carbocycles. The molecule has 0 aliphatic rings. The number of ether oxygens (including phenoxy) is 4. The van der Waals surface area contributed by atoms with Crippen LogP contribution in [-0.4, -0.2) is 23.9 Å². The molecule has 0 unspecified atom stereocenters. The van der Waals surface area contributed by atoms with Crippen LogP contribution in [0.1, 0.15) is 41.4 Å². The zero-order valence-electron chi connectivity index (χ0n) is 28.4. The largest absolute Gasteiger partial charge is 0.423 e. The predicted molar refractivity (Wildman–Crippen MR) is 205 cm³/mol. The minimum Gasteiger partial charge on any atom is -0.423 e. The smallest absolute Gasteiger partial charge is 0.343 e. The molecule has 0 bridgehead atoms. The Labute approximate surface area is 308 Å². The molecule has 0 heterocycles. The first kappa shape index (κ1) is 33.6. The van der Waals surface area contributed by atoms with Gasteiger partial charge in [-0.1, -0.05) is 97.1 Å². The van der Waals surface area contributed by atoms with Gasteiger partial charge in [0.1, 0.15) is 23.0 Å². The lowest BCUT2D eigenvalue weighted by Gasteiger charge is -2.10. The van der Waals surface area contributed by atoms with Crippen molar-refractivity contribution in [3.05, 3.63) is 192 Å². The fraction of sp³-hybridized carbons (Fsp3) is 0. The number of esters is 4. The van der Waals surface area contributed by atoms with Crippen LogP contribution in [0.4, 0.5) is 0 Å². The first-order valence-electron chi connectivity index (χ1n) is 17.0. The van der Waals surface area contributed by atoms with Gasteiger partial charge < -0.3 is 18.9 Å². The Morgan fingerprint density at radius 3 is 1.11 bits per heavy atom. The molecule has 8 aromatic carbocycles. The fourth-order valence-electron chi connectivity index (χ4n) is 6.10. The van der Waals surface area contributed by atoms with Crippen molar-refractivity contribution in [2.24, 2.45) is 0 Å². The number of benzene rings is 8. The van der Waals surface area contributed by atoms with E-state index in [1.807, 2.05) is 72.8 Å². The zero-order chi connectivity index (χ0) is 37.0. The lowest BCUT2D eigenvalue weighted by Crippen LogP contribution is -2.13. The SMILES string of the molecule is O=C(Oc1ccc2ccc(OC(=O)c3cccc(C(=O)Oc4cccc5ccccc45)c3)cc2c1)c1cccc(C(=O)Oc2cccc3ccccc23)c1. The normalized spacial score (nSPS) is 10.9. The van der Waals surface area contributed by atoms with Crippen LogP contribution in [0, 0.1) is 0 Å². The summed E-state index contributed by atoms with van der Waals surface area (Å²) < 4.78 is 22.7. The molecule has 0 radical (unpaired) electrons. The highest BCUT2D eigenvalue weighted by molar-refractivity contribution is 6.00. The molecule has 8 rings (SSSR count). The van der Waals surface area contributed by atoms with E-state index < -0.39 is 23.9 Å². The molecule has 0 aliphatic carbocycles. The highest BCUT2D eigenvalue weighted by atomic mass is 16.5. The van der Waals surface area contributed by atoms with Crippen LogP contribution in [0.15, 0.2) is 170 Å². The van der Waals surface area contributed by atoms with Crippen molar-refractivity contribution in [1.29, 1.82) is 0 Å². The summed E-state index contributed by atoms with van der Waals surface area (Å²) in [5, 5.41) is 4.91. The summed E-state index contributed by atoms with van der Waals surface area (Å²) in [5.41, 5.74) is 0.700. The lowest BCUT2D eigenvalue weighted by molar-refractivity contribution is 0.0717. The predicted octanol–water partition coefficient (Wildman–Crippen LogP) is 10.0. The quantitative estimate of drug-likeness (QED) is 0.113. The van der Waals surface area contributed by atoms with Crippen LogP contribution < -0.4 is 18.9 Å². The van der Waals surface area contributed by atoms with Crippen LogP contribution in [-0.2, 0) is 0 Å². The molecule has 8 aromatic rings. The van der Waals surface area contributed by atoms with Gasteiger partial charge in [0.25, 0.3) is 0 Å². The molecule has 260 valence electrons. The van der Waals surface area contributed by atoms with E-state index in [0.29, 0.717) is 16.9 Å². The summed E-state index contributed by atoms with van der Waals surface area (Å²) in [4.78, 5) is 52.5. The molecule has 8 nitrogen and oxygen atoms in total. The Bertz CT molecular complexity index is 2570. The molecule has 0 aliphatic heterocycles. The number of carbonyl (C=O) groups is 4. The summed E-state index contributed by atoms with van der Waals surface area (Å²) in [6, 6.07) is 48.4. The summed E-state index contributed by atoms with van der Waals surface area (Å²) in [6.07, 6.45) is 0. The summed E-state index contributed by atoms with van der Waals surface area (Å²) in [5.74, 6) is -1.24. The molecule has 0 N–H and O–H groups in total. The summed E-state index contributed by atoms with van der Waals surface area (Å²) in [6.45, 7) is 0. The van der Waals surface area contributed by atoms with Crippen LogP contribution in [0.2, 0.25) is 0 Å². The third-order valence-corrected chi connectivity index (χ3v) is 8.78. The van der Waals surface area contributed by atoms with E-state index in [4.69, 9.17) is 18.9 Å². The minimum absolute atomic E-state index is 0.161. The third-order valence-electron chi connectivity index (χ3n) is 8.78. The van der Waals surface area contributed by atoms with Crippen LogP contribution in [0.3, 0.4) is 0 Å². The van der Waals surface area contributed by atoms with Gasteiger partial charge in [0, 0.05) is 10.8 Å². The number of carbonyl (C=O) groups excluding carboxylic acids is 4. The standard InChI is InChI=1S/C46H28O8/c47-43(32-13-5-15-34(25-32)45(49)53-41-19-7-11-30-9-1-3-17-39(30)41)51-37-23-21-29-22-24-38(28-36(29)27-37)52-44(48)33-14-6-16-35(26-33)46(50)54-42-20-8-12-31-10-2-4-18-40(31)42/h1-28H. The number of hydrogen-bond donors (Lipinski definition) is 0. The van der Waals surface area contributed by atoms with E-state index in [1.165, 1.54) is 12.1 Å². The van der Waals surface area contributed by atoms with Gasteiger partial charge in [-0.25, -0.2) is 19.2 Å². The van der Waals surface area contributed by atoms with Gasteiger partial charge in [-0.2, -0.15) is 0 Å². The van der Waals surface area contributed by atoms with Gasteiger partial charge in [0.15, 0.2) is 0 Å². The average molecular weight is 709 g/mol. The van der Waals surface area contributed by atoms with Crippen molar-refractivity contribution in [3.8, 4) is 23.0 Å². The second-order valence-corrected chi connectivity index (χ2v) is 12.3. The van der Waals surface area contributed by atoms with Crippen LogP contribution >= 0.6 is 0 Å². The van der Waals surface area contributed by atoms with Gasteiger partial charge >= 0.3 is 23.9 Å². The van der Waals surface area contributed by atoms with E-state index in [9.17, 15) is 19.2 Å². The Morgan fingerprint density at radius 2 is 0.667 bits per heavy atom. The number of rotatable bonds is 8. The van der Waals surface area contributed by atoms with E-state index in [-0.39, 0.29) is 33.8 Å². The van der Waals surface area contributed by atoms with Gasteiger partial charge in [0.05, 0.1) is 22.3 Å². The highest BCUT2D eigenvalue weighted by Crippen LogP contribution is 2.29. The second kappa shape index (κ2) is 14.6. The monoisotopic (exact) mass is 708 g/mol. The first-order chi connectivity index (χ1) is 26.4. The van der Waals surface area contributed by atoms with Crippen LogP contribution in [0.5, 0.6) is 23.0 Å². The second-order valence-electron chi connectivity index (χ2n) is 12.3. The maximum absolute atomic E-state index is 13.2. The maximum atomic E-state index is 13.2. The number of fused-ring (bicyclic) bond motifs is 3. The molecule has 54 heavy (non-hydrogen) atoms. The van der Waals surface area contributed by atoms with Crippen molar-refractivity contribution in [2.45, 2.75) is 0 Å². The maximum Gasteiger partial charge on any atom is 0.343 e. The van der Waals surface area contributed by atoms with E-state index >= 15 is 0 Å². The Balaban J connectivity index is 0.940. The van der Waals surface area contributed by atoms with Crippen LogP contribution in [0.25, 0.3) is 32.3 Å². The Morgan fingerprint density at radius 1 is 0.296 bits per heavy atom. The van der Waals surface area contributed by atoms with E-state index in [1.54, 1.807) is 84.9 Å². The third kappa shape index (κ3) is 7.12. The van der Waals surface area contributed by atoms with E-state index in [2.05, 4.69) is 0 Å². The summed E-state index contributed by atoms with van der Waals surface area (Å²) >= 11 is 0. The van der Waals surface area contributed by atoms with Gasteiger partial charge in [-0.15, -0.1) is 0 Å². The molecule has 0 saturated heterocycles. The van der Waals surface area contributed by atoms with Gasteiger partial charge in [-0.3, -0.25) is 0 Å². The minimum atomic E-state index is -0.671. The molecule has 8 heteroatoms. The molecule has 0 fully saturated rings. The van der Waals surface area contributed by atoms with Gasteiger partial charge in [0.2, 0.25) is 0 Å². The molecular weight excluding hydrogens is 680 g/mol. The van der Waals surface area contributed by atoms with Crippen molar-refractivity contribution in [1.82, 2.24) is 0 Å². The van der Waals surface area contributed by atoms with Crippen molar-refractivity contribution in [2.75, 3.05) is 0 Å². The average Bonchev–Trinajstić information content (AvgIpc) is 3.21. The fourth-order valence-corrected chi connectivity index (χ4v) is 6.10. The zero-order valence-corrected chi connectivity index (χ0v) is 28.4.